The molecule has 0 N–H and O–H groups in total. The molecule has 0 aliphatic carbocycles. The van der Waals surface area contributed by atoms with E-state index in [0.29, 0.717) is 31.3 Å². The second-order valence-electron chi connectivity index (χ2n) is 6.47. The first kappa shape index (κ1) is 15.1. The van der Waals surface area contributed by atoms with Gasteiger partial charge in [-0.05, 0) is 12.1 Å². The highest BCUT2D eigenvalue weighted by atomic mass is 16.5. The van der Waals surface area contributed by atoms with Gasteiger partial charge in [0.2, 0.25) is 5.88 Å². The van der Waals surface area contributed by atoms with E-state index in [9.17, 15) is 4.79 Å². The molecule has 24 heavy (non-hydrogen) atoms. The first-order chi connectivity index (χ1) is 11.6. The Balaban J connectivity index is 1.36. The van der Waals surface area contributed by atoms with Crippen LogP contribution in [0.1, 0.15) is 23.3 Å². The summed E-state index contributed by atoms with van der Waals surface area (Å²) in [5, 5.41) is 4.17. The van der Waals surface area contributed by atoms with Gasteiger partial charge in [0.1, 0.15) is 17.4 Å². The molecule has 0 unspecified atom stereocenters. The van der Waals surface area contributed by atoms with Gasteiger partial charge in [0.05, 0.1) is 19.7 Å². The van der Waals surface area contributed by atoms with Crippen LogP contribution >= 0.6 is 0 Å². The van der Waals surface area contributed by atoms with E-state index in [2.05, 4.69) is 10.1 Å². The first-order valence-electron chi connectivity index (χ1n) is 8.14. The molecule has 1 amide bonds. The number of carbonyl (C=O) groups excluding carboxylic acids is 1. The lowest BCUT2D eigenvalue weighted by Crippen LogP contribution is -2.67. The highest BCUT2D eigenvalue weighted by molar-refractivity contribution is 5.93. The van der Waals surface area contributed by atoms with E-state index in [1.807, 2.05) is 18.2 Å². The standard InChI is InChI=1S/C17H20N4O3/c1-20-8-5-14(19-20)16(22)21-11-17(12-21)10-13(6-9-23-17)24-15-4-2-3-7-18-15/h2-5,7-8,13H,6,9-12H2,1H3/t13-/m1/s1. The molecule has 0 saturated carbocycles. The lowest BCUT2D eigenvalue weighted by atomic mass is 9.84. The van der Waals surface area contributed by atoms with E-state index in [4.69, 9.17) is 9.47 Å². The minimum Gasteiger partial charge on any atom is -0.474 e. The third-order valence-corrected chi connectivity index (χ3v) is 4.55. The smallest absolute Gasteiger partial charge is 0.274 e. The number of amides is 1. The summed E-state index contributed by atoms with van der Waals surface area (Å²) in [6.07, 6.45) is 5.18. The Hall–Kier alpha value is -2.41. The van der Waals surface area contributed by atoms with Crippen molar-refractivity contribution in [2.24, 2.45) is 7.05 Å². The van der Waals surface area contributed by atoms with Crippen LogP contribution < -0.4 is 4.74 Å². The molecular formula is C17H20N4O3. The Kier molecular flexibility index (Phi) is 3.72. The minimum atomic E-state index is -0.290. The van der Waals surface area contributed by atoms with Crippen molar-refractivity contribution in [3.05, 3.63) is 42.4 Å². The van der Waals surface area contributed by atoms with Crippen molar-refractivity contribution >= 4 is 5.91 Å². The van der Waals surface area contributed by atoms with E-state index in [1.165, 1.54) is 0 Å². The van der Waals surface area contributed by atoms with Crippen molar-refractivity contribution in [2.45, 2.75) is 24.5 Å². The van der Waals surface area contributed by atoms with E-state index in [1.54, 1.807) is 35.1 Å². The minimum absolute atomic E-state index is 0.0439. The molecule has 4 heterocycles. The first-order valence-corrected chi connectivity index (χ1v) is 8.14. The molecule has 1 spiro atoms. The van der Waals surface area contributed by atoms with Crippen LogP contribution in [0.2, 0.25) is 0 Å². The number of aryl methyl sites for hydroxylation is 1. The fraction of sp³-hybridized carbons (Fsp3) is 0.471. The third kappa shape index (κ3) is 2.87. The zero-order chi connectivity index (χ0) is 16.6. The summed E-state index contributed by atoms with van der Waals surface area (Å²) in [5.41, 5.74) is 0.187. The van der Waals surface area contributed by atoms with Crippen LogP contribution in [0, 0.1) is 0 Å². The molecule has 1 atom stereocenters. The Bertz CT molecular complexity index is 724. The van der Waals surface area contributed by atoms with Crippen LogP contribution in [0.25, 0.3) is 0 Å². The third-order valence-electron chi connectivity index (χ3n) is 4.55. The fourth-order valence-corrected chi connectivity index (χ4v) is 3.38. The molecule has 0 bridgehead atoms. The number of pyridine rings is 1. The van der Waals surface area contributed by atoms with Gasteiger partial charge in [-0.3, -0.25) is 9.48 Å². The summed E-state index contributed by atoms with van der Waals surface area (Å²) >= 11 is 0. The molecule has 2 aromatic heterocycles. The summed E-state index contributed by atoms with van der Waals surface area (Å²) in [6, 6.07) is 7.38. The zero-order valence-corrected chi connectivity index (χ0v) is 13.6. The number of carbonyl (C=O) groups is 1. The monoisotopic (exact) mass is 328 g/mol. The quantitative estimate of drug-likeness (QED) is 0.849. The van der Waals surface area contributed by atoms with Gasteiger partial charge in [0.25, 0.3) is 5.91 Å². The van der Waals surface area contributed by atoms with E-state index < -0.39 is 0 Å². The van der Waals surface area contributed by atoms with Gasteiger partial charge in [0.15, 0.2) is 0 Å². The lowest BCUT2D eigenvalue weighted by molar-refractivity contribution is -0.174. The van der Waals surface area contributed by atoms with Crippen molar-refractivity contribution in [1.29, 1.82) is 0 Å². The van der Waals surface area contributed by atoms with Gasteiger partial charge in [-0.2, -0.15) is 5.10 Å². The highest BCUT2D eigenvalue weighted by Crippen LogP contribution is 2.36. The fourth-order valence-electron chi connectivity index (χ4n) is 3.38. The Labute approximate surface area is 140 Å². The number of hydrogen-bond donors (Lipinski definition) is 0. The summed E-state index contributed by atoms with van der Waals surface area (Å²) in [7, 11) is 1.80. The summed E-state index contributed by atoms with van der Waals surface area (Å²) in [6.45, 7) is 1.82. The second kappa shape index (κ2) is 5.90. The maximum atomic E-state index is 12.4. The topological polar surface area (TPSA) is 69.5 Å². The summed E-state index contributed by atoms with van der Waals surface area (Å²) in [5.74, 6) is 0.595. The van der Waals surface area contributed by atoms with E-state index in [-0.39, 0.29) is 17.6 Å². The van der Waals surface area contributed by atoms with Gasteiger partial charge in [-0.1, -0.05) is 6.07 Å². The molecule has 7 nitrogen and oxygen atoms in total. The molecule has 2 aromatic rings. The number of ether oxygens (including phenoxy) is 2. The van der Waals surface area contributed by atoms with Crippen molar-refractivity contribution in [1.82, 2.24) is 19.7 Å². The van der Waals surface area contributed by atoms with Crippen LogP contribution in [0.5, 0.6) is 5.88 Å². The molecular weight excluding hydrogens is 308 g/mol. The van der Waals surface area contributed by atoms with Crippen molar-refractivity contribution < 1.29 is 14.3 Å². The molecule has 4 rings (SSSR count). The molecule has 0 radical (unpaired) electrons. The Morgan fingerprint density at radius 3 is 2.96 bits per heavy atom. The lowest BCUT2D eigenvalue weighted by Gasteiger charge is -2.52. The van der Waals surface area contributed by atoms with Crippen molar-refractivity contribution in [3.63, 3.8) is 0 Å². The molecule has 2 aliphatic rings. The maximum absolute atomic E-state index is 12.4. The maximum Gasteiger partial charge on any atom is 0.274 e. The van der Waals surface area contributed by atoms with Gasteiger partial charge >= 0.3 is 0 Å². The second-order valence-corrected chi connectivity index (χ2v) is 6.47. The molecule has 126 valence electrons. The molecule has 2 aliphatic heterocycles. The predicted molar refractivity (Wildman–Crippen MR) is 85.7 cm³/mol. The van der Waals surface area contributed by atoms with E-state index >= 15 is 0 Å². The molecule has 7 heteroatoms. The number of rotatable bonds is 3. The molecule has 0 aromatic carbocycles. The van der Waals surface area contributed by atoms with Crippen LogP contribution in [-0.4, -0.2) is 57.0 Å². The number of nitrogens with zero attached hydrogens (tertiary/aromatic N) is 4. The largest absolute Gasteiger partial charge is 0.474 e. The number of hydrogen-bond acceptors (Lipinski definition) is 5. The number of likely N-dealkylation sites (tertiary alicyclic amines) is 1. The Morgan fingerprint density at radius 2 is 2.25 bits per heavy atom. The van der Waals surface area contributed by atoms with E-state index in [0.717, 1.165) is 12.8 Å². The van der Waals surface area contributed by atoms with Gasteiger partial charge in [-0.15, -0.1) is 0 Å². The number of aromatic nitrogens is 3. The molecule has 2 saturated heterocycles. The van der Waals surface area contributed by atoms with Crippen LogP contribution in [0.3, 0.4) is 0 Å². The molecule has 2 fully saturated rings. The normalized spacial score (nSPS) is 22.2. The summed E-state index contributed by atoms with van der Waals surface area (Å²) in [4.78, 5) is 18.4. The SMILES string of the molecule is Cn1ccc(C(=O)N2CC3(C[C@H](Oc4ccccn4)CCO3)C2)n1. The van der Waals surface area contributed by atoms with Crippen LogP contribution in [-0.2, 0) is 11.8 Å². The average Bonchev–Trinajstić information content (AvgIpc) is 3.00. The van der Waals surface area contributed by atoms with Gasteiger partial charge in [0, 0.05) is 38.3 Å². The van der Waals surface area contributed by atoms with Crippen LogP contribution in [0.4, 0.5) is 0 Å². The van der Waals surface area contributed by atoms with Crippen LogP contribution in [0.15, 0.2) is 36.7 Å². The Morgan fingerprint density at radius 1 is 1.38 bits per heavy atom. The van der Waals surface area contributed by atoms with Crippen molar-refractivity contribution in [2.75, 3.05) is 19.7 Å². The van der Waals surface area contributed by atoms with Crippen molar-refractivity contribution in [3.8, 4) is 5.88 Å². The predicted octanol–water partition coefficient (Wildman–Crippen LogP) is 1.27. The van der Waals surface area contributed by atoms with Gasteiger partial charge in [-0.25, -0.2) is 4.98 Å². The average molecular weight is 328 g/mol. The summed E-state index contributed by atoms with van der Waals surface area (Å²) < 4.78 is 13.6. The highest BCUT2D eigenvalue weighted by Gasteiger charge is 2.50. The van der Waals surface area contributed by atoms with Gasteiger partial charge < -0.3 is 14.4 Å². The zero-order valence-electron chi connectivity index (χ0n) is 13.6.